The standard InChI is InChI=1S/C17H20FNS/c1-13-6-5-7-14(10-13)11-15(19-2)12-20-17-9-4-3-8-16(17)18/h3-10,15,19H,11-12H2,1-2H3. The predicted octanol–water partition coefficient (Wildman–Crippen LogP) is 4.06. The van der Waals surface area contributed by atoms with Crippen molar-refractivity contribution in [2.24, 2.45) is 0 Å². The van der Waals surface area contributed by atoms with E-state index in [0.717, 1.165) is 17.1 Å². The summed E-state index contributed by atoms with van der Waals surface area (Å²) < 4.78 is 13.6. The van der Waals surface area contributed by atoms with E-state index in [1.165, 1.54) is 17.2 Å². The van der Waals surface area contributed by atoms with E-state index in [2.05, 4.69) is 36.5 Å². The van der Waals surface area contributed by atoms with Crippen molar-refractivity contribution >= 4 is 11.8 Å². The van der Waals surface area contributed by atoms with Gasteiger partial charge < -0.3 is 5.32 Å². The summed E-state index contributed by atoms with van der Waals surface area (Å²) in [6.07, 6.45) is 0.958. The Labute approximate surface area is 124 Å². The van der Waals surface area contributed by atoms with E-state index in [4.69, 9.17) is 0 Å². The highest BCUT2D eigenvalue weighted by atomic mass is 32.2. The molecule has 0 fully saturated rings. The largest absolute Gasteiger partial charge is 0.316 e. The molecule has 1 nitrogen and oxygen atoms in total. The lowest BCUT2D eigenvalue weighted by atomic mass is 10.1. The molecule has 1 atom stereocenters. The van der Waals surface area contributed by atoms with Gasteiger partial charge in [0.05, 0.1) is 0 Å². The van der Waals surface area contributed by atoms with Crippen LogP contribution < -0.4 is 5.32 Å². The van der Waals surface area contributed by atoms with Gasteiger partial charge in [0.2, 0.25) is 0 Å². The fraction of sp³-hybridized carbons (Fsp3) is 0.294. The van der Waals surface area contributed by atoms with E-state index < -0.39 is 0 Å². The zero-order valence-electron chi connectivity index (χ0n) is 11.9. The van der Waals surface area contributed by atoms with Crippen molar-refractivity contribution < 1.29 is 4.39 Å². The third-order valence-electron chi connectivity index (χ3n) is 3.25. The van der Waals surface area contributed by atoms with Gasteiger partial charge in [-0.15, -0.1) is 11.8 Å². The average Bonchev–Trinajstić information content (AvgIpc) is 2.45. The highest BCUT2D eigenvalue weighted by Gasteiger charge is 2.10. The molecule has 20 heavy (non-hydrogen) atoms. The molecule has 0 radical (unpaired) electrons. The summed E-state index contributed by atoms with van der Waals surface area (Å²) in [4.78, 5) is 0.719. The van der Waals surface area contributed by atoms with Crippen molar-refractivity contribution in [2.75, 3.05) is 12.8 Å². The minimum Gasteiger partial charge on any atom is -0.316 e. The second kappa shape index (κ2) is 7.46. The highest BCUT2D eigenvalue weighted by molar-refractivity contribution is 7.99. The lowest BCUT2D eigenvalue weighted by Gasteiger charge is -2.16. The molecule has 0 heterocycles. The fourth-order valence-electron chi connectivity index (χ4n) is 2.12. The fourth-order valence-corrected chi connectivity index (χ4v) is 3.17. The molecule has 106 valence electrons. The summed E-state index contributed by atoms with van der Waals surface area (Å²) >= 11 is 1.57. The van der Waals surface area contributed by atoms with Gasteiger partial charge in [0.1, 0.15) is 5.82 Å². The number of likely N-dealkylation sites (N-methyl/N-ethyl adjacent to an activating group) is 1. The van der Waals surface area contributed by atoms with Gasteiger partial charge in [0, 0.05) is 16.7 Å². The third kappa shape index (κ3) is 4.36. The van der Waals surface area contributed by atoms with Crippen molar-refractivity contribution in [2.45, 2.75) is 24.3 Å². The van der Waals surface area contributed by atoms with Gasteiger partial charge in [0.25, 0.3) is 0 Å². The molecule has 0 saturated heterocycles. The van der Waals surface area contributed by atoms with Crippen LogP contribution in [0.5, 0.6) is 0 Å². The Morgan fingerprint density at radius 1 is 1.15 bits per heavy atom. The Bertz CT molecular complexity index is 556. The zero-order chi connectivity index (χ0) is 14.4. The number of thioether (sulfide) groups is 1. The molecular weight excluding hydrogens is 269 g/mol. The zero-order valence-corrected chi connectivity index (χ0v) is 12.7. The third-order valence-corrected chi connectivity index (χ3v) is 4.46. The smallest absolute Gasteiger partial charge is 0.136 e. The summed E-state index contributed by atoms with van der Waals surface area (Å²) in [7, 11) is 1.96. The monoisotopic (exact) mass is 289 g/mol. The Morgan fingerprint density at radius 2 is 1.95 bits per heavy atom. The number of halogens is 1. The van der Waals surface area contributed by atoms with E-state index in [9.17, 15) is 4.39 Å². The van der Waals surface area contributed by atoms with Gasteiger partial charge in [-0.25, -0.2) is 4.39 Å². The van der Waals surface area contributed by atoms with Crippen LogP contribution in [0.4, 0.5) is 4.39 Å². The second-order valence-electron chi connectivity index (χ2n) is 4.92. The van der Waals surface area contributed by atoms with Gasteiger partial charge in [-0.05, 0) is 38.1 Å². The molecule has 0 aliphatic carbocycles. The first-order chi connectivity index (χ1) is 9.69. The molecule has 0 aliphatic heterocycles. The van der Waals surface area contributed by atoms with E-state index >= 15 is 0 Å². The SMILES string of the molecule is CNC(CSc1ccccc1F)Cc1cccc(C)c1. The minimum absolute atomic E-state index is 0.136. The Balaban J connectivity index is 1.94. The molecule has 1 N–H and O–H groups in total. The predicted molar refractivity (Wildman–Crippen MR) is 84.9 cm³/mol. The van der Waals surface area contributed by atoms with E-state index in [-0.39, 0.29) is 5.82 Å². The first-order valence-corrected chi connectivity index (χ1v) is 7.77. The summed E-state index contributed by atoms with van der Waals surface area (Å²) in [6, 6.07) is 15.8. The van der Waals surface area contributed by atoms with Crippen LogP contribution in [0.3, 0.4) is 0 Å². The molecule has 0 amide bonds. The van der Waals surface area contributed by atoms with E-state index in [0.29, 0.717) is 6.04 Å². The summed E-state index contributed by atoms with van der Waals surface area (Å²) in [5, 5.41) is 3.32. The molecule has 3 heteroatoms. The molecule has 0 saturated carbocycles. The first-order valence-electron chi connectivity index (χ1n) is 6.79. The van der Waals surface area contributed by atoms with Crippen LogP contribution in [-0.2, 0) is 6.42 Å². The molecule has 0 bridgehead atoms. The van der Waals surface area contributed by atoms with Gasteiger partial charge in [0.15, 0.2) is 0 Å². The molecule has 0 aliphatic rings. The summed E-state index contributed by atoms with van der Waals surface area (Å²) in [5.74, 6) is 0.716. The molecule has 2 aromatic carbocycles. The topological polar surface area (TPSA) is 12.0 Å². The Kier molecular flexibility index (Phi) is 5.62. The number of hydrogen-bond acceptors (Lipinski definition) is 2. The summed E-state index contributed by atoms with van der Waals surface area (Å²) in [6.45, 7) is 2.10. The maximum Gasteiger partial charge on any atom is 0.136 e. The molecule has 2 aromatic rings. The van der Waals surface area contributed by atoms with Gasteiger partial charge in [-0.2, -0.15) is 0 Å². The van der Waals surface area contributed by atoms with Crippen LogP contribution in [0.1, 0.15) is 11.1 Å². The second-order valence-corrected chi connectivity index (χ2v) is 5.98. The number of benzene rings is 2. The van der Waals surface area contributed by atoms with Crippen molar-refractivity contribution in [1.82, 2.24) is 5.32 Å². The van der Waals surface area contributed by atoms with E-state index in [1.807, 2.05) is 19.2 Å². The highest BCUT2D eigenvalue weighted by Crippen LogP contribution is 2.22. The summed E-state index contributed by atoms with van der Waals surface area (Å²) in [5.41, 5.74) is 2.59. The quantitative estimate of drug-likeness (QED) is 0.805. The lowest BCUT2D eigenvalue weighted by Crippen LogP contribution is -2.30. The van der Waals surface area contributed by atoms with Gasteiger partial charge >= 0.3 is 0 Å². The maximum atomic E-state index is 13.6. The molecule has 0 spiro atoms. The molecule has 1 unspecified atom stereocenters. The van der Waals surface area contributed by atoms with Crippen LogP contribution in [0.15, 0.2) is 53.4 Å². The van der Waals surface area contributed by atoms with Crippen molar-refractivity contribution in [1.29, 1.82) is 0 Å². The maximum absolute atomic E-state index is 13.6. The lowest BCUT2D eigenvalue weighted by molar-refractivity contribution is 0.598. The molecule has 0 aromatic heterocycles. The van der Waals surface area contributed by atoms with Crippen LogP contribution in [0.2, 0.25) is 0 Å². The molecule has 2 rings (SSSR count). The van der Waals surface area contributed by atoms with Crippen LogP contribution in [-0.4, -0.2) is 18.8 Å². The Hall–Kier alpha value is -1.32. The van der Waals surface area contributed by atoms with Crippen LogP contribution in [0, 0.1) is 12.7 Å². The van der Waals surface area contributed by atoms with Crippen molar-refractivity contribution in [3.63, 3.8) is 0 Å². The van der Waals surface area contributed by atoms with Crippen LogP contribution in [0.25, 0.3) is 0 Å². The average molecular weight is 289 g/mol. The van der Waals surface area contributed by atoms with Crippen molar-refractivity contribution in [3.05, 3.63) is 65.5 Å². The van der Waals surface area contributed by atoms with Gasteiger partial charge in [-0.3, -0.25) is 0 Å². The number of nitrogens with one attached hydrogen (secondary N) is 1. The number of hydrogen-bond donors (Lipinski definition) is 1. The van der Waals surface area contributed by atoms with Crippen molar-refractivity contribution in [3.8, 4) is 0 Å². The van der Waals surface area contributed by atoms with Gasteiger partial charge in [-0.1, -0.05) is 42.0 Å². The molecular formula is C17H20FNS. The van der Waals surface area contributed by atoms with E-state index in [1.54, 1.807) is 17.8 Å². The first kappa shape index (κ1) is 15.1. The Morgan fingerprint density at radius 3 is 2.65 bits per heavy atom. The number of rotatable bonds is 6. The number of aryl methyl sites for hydroxylation is 1. The van der Waals surface area contributed by atoms with Crippen LogP contribution >= 0.6 is 11.8 Å². The normalized spacial score (nSPS) is 12.3. The minimum atomic E-state index is -0.136.